The van der Waals surface area contributed by atoms with Crippen LogP contribution in [0.25, 0.3) is 0 Å². The maximum atomic E-state index is 13.3. The summed E-state index contributed by atoms with van der Waals surface area (Å²) in [5, 5.41) is 0. The van der Waals surface area contributed by atoms with Crippen molar-refractivity contribution in [1.29, 1.82) is 0 Å². The van der Waals surface area contributed by atoms with Crippen molar-refractivity contribution in [1.82, 2.24) is 4.90 Å². The number of hydrogen-bond acceptors (Lipinski definition) is 6. The van der Waals surface area contributed by atoms with Crippen molar-refractivity contribution in [2.24, 2.45) is 5.73 Å². The van der Waals surface area contributed by atoms with Gasteiger partial charge in [0.15, 0.2) is 24.7 Å². The minimum atomic E-state index is -0.696. The summed E-state index contributed by atoms with van der Waals surface area (Å²) in [5.41, 5.74) is 6.05. The number of benzene rings is 2. The Morgan fingerprint density at radius 2 is 1.71 bits per heavy atom. The summed E-state index contributed by atoms with van der Waals surface area (Å²) >= 11 is 0. The summed E-state index contributed by atoms with van der Waals surface area (Å²) in [6, 6.07) is 10.4. The molecule has 0 spiro atoms. The molecule has 0 saturated heterocycles. The van der Waals surface area contributed by atoms with Crippen LogP contribution in [0, 0.1) is 5.82 Å². The normalized spacial score (nSPS) is 13.7. The van der Waals surface area contributed by atoms with Crippen LogP contribution >= 0.6 is 0 Å². The van der Waals surface area contributed by atoms with Gasteiger partial charge in [0.2, 0.25) is 0 Å². The van der Waals surface area contributed by atoms with Gasteiger partial charge in [0, 0.05) is 12.6 Å². The van der Waals surface area contributed by atoms with Crippen molar-refractivity contribution in [3.05, 3.63) is 59.4 Å². The number of halogens is 1. The van der Waals surface area contributed by atoms with Crippen molar-refractivity contribution in [3.63, 3.8) is 0 Å². The quantitative estimate of drug-likeness (QED) is 0.532. The fraction of sp³-hybridized carbons (Fsp3) is 0.400. The lowest BCUT2D eigenvalue weighted by Gasteiger charge is -2.34. The lowest BCUT2D eigenvalue weighted by molar-refractivity contribution is -0.138. The Labute approximate surface area is 197 Å². The highest BCUT2D eigenvalue weighted by Gasteiger charge is 2.26. The van der Waals surface area contributed by atoms with Gasteiger partial charge in [0.05, 0.1) is 12.7 Å². The lowest BCUT2D eigenvalue weighted by Crippen LogP contribution is -2.43. The molecular formula is C25H29FN2O6. The van der Waals surface area contributed by atoms with Gasteiger partial charge in [0.25, 0.3) is 11.8 Å². The van der Waals surface area contributed by atoms with Gasteiger partial charge in [0.1, 0.15) is 5.82 Å². The Morgan fingerprint density at radius 1 is 1.00 bits per heavy atom. The van der Waals surface area contributed by atoms with E-state index in [1.54, 1.807) is 17.0 Å². The maximum Gasteiger partial charge on any atom is 0.338 e. The Bertz CT molecular complexity index is 1000. The number of rotatable bonds is 10. The minimum Gasteiger partial charge on any atom is -0.493 e. The number of carbonyl (C=O) groups is 3. The standard InChI is InChI=1S/C25H29FN2O6/c1-32-22-13-18(9-12-21(22)33-15-23(27)29)25(31)34-16-24(30)28(20-5-3-2-4-6-20)14-17-7-10-19(26)11-8-17/h7-13,20H,2-6,14-16H2,1H3,(H2,27,29). The van der Waals surface area contributed by atoms with E-state index in [9.17, 15) is 18.8 Å². The van der Waals surface area contributed by atoms with Crippen molar-refractivity contribution < 1.29 is 33.0 Å². The molecule has 0 aromatic heterocycles. The second-order valence-corrected chi connectivity index (χ2v) is 8.14. The molecule has 0 atom stereocenters. The predicted octanol–water partition coefficient (Wildman–Crippen LogP) is 3.22. The molecule has 3 rings (SSSR count). The molecule has 9 heteroatoms. The minimum absolute atomic E-state index is 0.0480. The van der Waals surface area contributed by atoms with Crippen LogP contribution in [0.3, 0.4) is 0 Å². The number of carbonyl (C=O) groups excluding carboxylic acids is 3. The van der Waals surface area contributed by atoms with Crippen LogP contribution in [0.5, 0.6) is 11.5 Å². The summed E-state index contributed by atoms with van der Waals surface area (Å²) < 4.78 is 29.0. The van der Waals surface area contributed by atoms with Crippen molar-refractivity contribution in [3.8, 4) is 11.5 Å². The van der Waals surface area contributed by atoms with E-state index in [2.05, 4.69) is 0 Å². The number of esters is 1. The van der Waals surface area contributed by atoms with Crippen molar-refractivity contribution >= 4 is 17.8 Å². The van der Waals surface area contributed by atoms with E-state index in [-0.39, 0.29) is 41.4 Å². The van der Waals surface area contributed by atoms with E-state index >= 15 is 0 Å². The van der Waals surface area contributed by atoms with Gasteiger partial charge >= 0.3 is 5.97 Å². The zero-order chi connectivity index (χ0) is 24.5. The number of hydrogen-bond donors (Lipinski definition) is 1. The van der Waals surface area contributed by atoms with Gasteiger partial charge in [-0.15, -0.1) is 0 Å². The highest BCUT2D eigenvalue weighted by Crippen LogP contribution is 2.28. The Balaban J connectivity index is 1.66. The highest BCUT2D eigenvalue weighted by atomic mass is 19.1. The van der Waals surface area contributed by atoms with Crippen LogP contribution in [0.4, 0.5) is 4.39 Å². The number of primary amides is 1. The molecule has 1 fully saturated rings. The van der Waals surface area contributed by atoms with Crippen LogP contribution in [0.15, 0.2) is 42.5 Å². The largest absolute Gasteiger partial charge is 0.493 e. The number of ether oxygens (including phenoxy) is 3. The van der Waals surface area contributed by atoms with Crippen LogP contribution in [-0.4, -0.2) is 49.0 Å². The molecule has 34 heavy (non-hydrogen) atoms. The number of amides is 2. The van der Waals surface area contributed by atoms with E-state index in [4.69, 9.17) is 19.9 Å². The molecular weight excluding hydrogens is 443 g/mol. The van der Waals surface area contributed by atoms with Gasteiger partial charge in [-0.25, -0.2) is 9.18 Å². The summed E-state index contributed by atoms with van der Waals surface area (Å²) in [6.07, 6.45) is 4.95. The molecule has 2 amide bonds. The topological polar surface area (TPSA) is 108 Å². The third kappa shape index (κ3) is 6.94. The molecule has 0 radical (unpaired) electrons. The second-order valence-electron chi connectivity index (χ2n) is 8.14. The highest BCUT2D eigenvalue weighted by molar-refractivity contribution is 5.92. The molecule has 2 aromatic carbocycles. The van der Waals surface area contributed by atoms with Crippen molar-refractivity contribution in [2.75, 3.05) is 20.3 Å². The smallest absolute Gasteiger partial charge is 0.338 e. The van der Waals surface area contributed by atoms with Crippen LogP contribution in [0.1, 0.15) is 48.0 Å². The van der Waals surface area contributed by atoms with Gasteiger partial charge < -0.3 is 24.8 Å². The first-order valence-corrected chi connectivity index (χ1v) is 11.2. The molecule has 0 heterocycles. The fourth-order valence-electron chi connectivity index (χ4n) is 3.96. The molecule has 1 aliphatic rings. The van der Waals surface area contributed by atoms with E-state index in [0.717, 1.165) is 37.7 Å². The first kappa shape index (κ1) is 25.0. The lowest BCUT2D eigenvalue weighted by atomic mass is 9.93. The molecule has 1 saturated carbocycles. The van der Waals surface area contributed by atoms with Gasteiger partial charge in [-0.05, 0) is 48.7 Å². The first-order valence-electron chi connectivity index (χ1n) is 11.2. The zero-order valence-electron chi connectivity index (χ0n) is 19.1. The second kappa shape index (κ2) is 12.0. The molecule has 182 valence electrons. The van der Waals surface area contributed by atoms with Crippen LogP contribution in [-0.2, 0) is 20.9 Å². The van der Waals surface area contributed by atoms with Crippen LogP contribution in [0.2, 0.25) is 0 Å². The fourth-order valence-corrected chi connectivity index (χ4v) is 3.96. The summed E-state index contributed by atoms with van der Waals surface area (Å²) in [4.78, 5) is 38.3. The number of methoxy groups -OCH3 is 1. The molecule has 0 unspecified atom stereocenters. The maximum absolute atomic E-state index is 13.3. The summed E-state index contributed by atoms with van der Waals surface area (Å²) in [5.74, 6) is -1.52. The third-order valence-electron chi connectivity index (χ3n) is 5.70. The Kier molecular flexibility index (Phi) is 8.84. The Hall–Kier alpha value is -3.62. The van der Waals surface area contributed by atoms with Crippen LogP contribution < -0.4 is 15.2 Å². The molecule has 8 nitrogen and oxygen atoms in total. The van der Waals surface area contributed by atoms with E-state index in [1.165, 1.54) is 37.4 Å². The molecule has 2 aromatic rings. The number of nitrogens with zero attached hydrogens (tertiary/aromatic N) is 1. The van der Waals surface area contributed by atoms with E-state index < -0.39 is 18.5 Å². The van der Waals surface area contributed by atoms with Gasteiger partial charge in [-0.2, -0.15) is 0 Å². The predicted molar refractivity (Wildman–Crippen MR) is 122 cm³/mol. The summed E-state index contributed by atoms with van der Waals surface area (Å²) in [7, 11) is 1.39. The average molecular weight is 473 g/mol. The van der Waals surface area contributed by atoms with E-state index in [0.29, 0.717) is 6.54 Å². The Morgan fingerprint density at radius 3 is 2.35 bits per heavy atom. The monoisotopic (exact) mass is 472 g/mol. The SMILES string of the molecule is COc1cc(C(=O)OCC(=O)N(Cc2ccc(F)cc2)C2CCCCC2)ccc1OCC(N)=O. The molecule has 0 bridgehead atoms. The van der Waals surface area contributed by atoms with Gasteiger partial charge in [-0.1, -0.05) is 31.4 Å². The zero-order valence-corrected chi connectivity index (χ0v) is 19.1. The molecule has 1 aliphatic carbocycles. The third-order valence-corrected chi connectivity index (χ3v) is 5.70. The number of nitrogens with two attached hydrogens (primary N) is 1. The van der Waals surface area contributed by atoms with Crippen molar-refractivity contribution in [2.45, 2.75) is 44.7 Å². The molecule has 2 N–H and O–H groups in total. The summed E-state index contributed by atoms with van der Waals surface area (Å²) in [6.45, 7) is -0.431. The average Bonchev–Trinajstić information content (AvgIpc) is 2.85. The first-order chi connectivity index (χ1) is 16.4. The van der Waals surface area contributed by atoms with Gasteiger partial charge in [-0.3, -0.25) is 9.59 Å². The molecule has 0 aliphatic heterocycles. The van der Waals surface area contributed by atoms with E-state index in [1.807, 2.05) is 0 Å².